The summed E-state index contributed by atoms with van der Waals surface area (Å²) in [6.45, 7) is 12.6. The Morgan fingerprint density at radius 3 is 2.30 bits per heavy atom. The van der Waals surface area contributed by atoms with Crippen LogP contribution in [0.4, 0.5) is 11.5 Å². The molecule has 1 fully saturated rings. The summed E-state index contributed by atoms with van der Waals surface area (Å²) in [5.41, 5.74) is 6.52. The number of anilines is 2. The third kappa shape index (κ3) is 3.54. The molecule has 2 N–H and O–H groups in total. The molecule has 0 aromatic carbocycles. The van der Waals surface area contributed by atoms with Gasteiger partial charge in [-0.3, -0.25) is 4.90 Å². The predicted molar refractivity (Wildman–Crippen MR) is 83.3 cm³/mol. The number of pyridine rings is 1. The number of aromatic nitrogens is 1. The van der Waals surface area contributed by atoms with Crippen molar-refractivity contribution in [1.82, 2.24) is 9.88 Å². The highest BCUT2D eigenvalue weighted by molar-refractivity contribution is 5.54. The van der Waals surface area contributed by atoms with Gasteiger partial charge in [-0.1, -0.05) is 0 Å². The topological polar surface area (TPSA) is 54.6 Å². The Morgan fingerprint density at radius 2 is 1.75 bits per heavy atom. The molecule has 1 aliphatic rings. The van der Waals surface area contributed by atoms with E-state index in [-0.39, 0.29) is 6.10 Å². The van der Waals surface area contributed by atoms with Crippen LogP contribution in [0.25, 0.3) is 0 Å². The van der Waals surface area contributed by atoms with Gasteiger partial charge in [-0.2, -0.15) is 4.98 Å². The van der Waals surface area contributed by atoms with Crippen LogP contribution in [0.3, 0.4) is 0 Å². The first-order chi connectivity index (χ1) is 9.47. The van der Waals surface area contributed by atoms with Gasteiger partial charge >= 0.3 is 0 Å². The number of ether oxygens (including phenoxy) is 1. The highest BCUT2D eigenvalue weighted by atomic mass is 16.5. The van der Waals surface area contributed by atoms with E-state index in [1.54, 1.807) is 0 Å². The standard InChI is InChI=1S/C15H26N4O/c1-11(2)18-7-9-19(10-8-18)14-6-5-13(16)15(17-14)20-12(3)4/h5-6,11-12H,7-10,16H2,1-4H3. The van der Waals surface area contributed by atoms with E-state index in [1.165, 1.54) is 0 Å². The Balaban J connectivity index is 2.06. The second kappa shape index (κ2) is 6.31. The molecular formula is C15H26N4O. The quantitative estimate of drug-likeness (QED) is 0.912. The van der Waals surface area contributed by atoms with Crippen molar-refractivity contribution in [2.24, 2.45) is 0 Å². The second-order valence-electron chi connectivity index (χ2n) is 5.85. The first-order valence-corrected chi connectivity index (χ1v) is 7.39. The number of nitrogens with zero attached hydrogens (tertiary/aromatic N) is 3. The number of piperazine rings is 1. The molecule has 0 unspecified atom stereocenters. The summed E-state index contributed by atoms with van der Waals surface area (Å²) in [5, 5.41) is 0. The van der Waals surface area contributed by atoms with Crippen molar-refractivity contribution in [2.75, 3.05) is 36.8 Å². The normalized spacial score (nSPS) is 17.0. The second-order valence-corrected chi connectivity index (χ2v) is 5.85. The molecule has 0 atom stereocenters. The zero-order valence-electron chi connectivity index (χ0n) is 13.0. The van der Waals surface area contributed by atoms with E-state index in [4.69, 9.17) is 10.5 Å². The van der Waals surface area contributed by atoms with Gasteiger partial charge in [-0.25, -0.2) is 0 Å². The summed E-state index contributed by atoms with van der Waals surface area (Å²) in [7, 11) is 0. The van der Waals surface area contributed by atoms with Crippen LogP contribution in [0.2, 0.25) is 0 Å². The Hall–Kier alpha value is -1.49. The first-order valence-electron chi connectivity index (χ1n) is 7.39. The smallest absolute Gasteiger partial charge is 0.239 e. The molecular weight excluding hydrogens is 252 g/mol. The minimum atomic E-state index is 0.0813. The van der Waals surface area contributed by atoms with Crippen LogP contribution in [-0.2, 0) is 0 Å². The number of hydrogen-bond acceptors (Lipinski definition) is 5. The van der Waals surface area contributed by atoms with E-state index in [9.17, 15) is 0 Å². The van der Waals surface area contributed by atoms with E-state index < -0.39 is 0 Å². The molecule has 20 heavy (non-hydrogen) atoms. The average molecular weight is 278 g/mol. The van der Waals surface area contributed by atoms with Gasteiger partial charge in [0.05, 0.1) is 11.8 Å². The molecule has 1 saturated heterocycles. The molecule has 2 heterocycles. The minimum absolute atomic E-state index is 0.0813. The van der Waals surface area contributed by atoms with Gasteiger partial charge in [0.15, 0.2) is 0 Å². The van der Waals surface area contributed by atoms with Crippen molar-refractivity contribution in [1.29, 1.82) is 0 Å². The fourth-order valence-corrected chi connectivity index (χ4v) is 2.40. The van der Waals surface area contributed by atoms with E-state index in [2.05, 4.69) is 28.6 Å². The third-order valence-corrected chi connectivity index (χ3v) is 3.59. The van der Waals surface area contributed by atoms with Crippen molar-refractivity contribution in [3.8, 4) is 5.88 Å². The predicted octanol–water partition coefficient (Wildman–Crippen LogP) is 1.98. The summed E-state index contributed by atoms with van der Waals surface area (Å²) in [6, 6.07) is 4.47. The van der Waals surface area contributed by atoms with Crippen LogP contribution in [0.5, 0.6) is 5.88 Å². The van der Waals surface area contributed by atoms with E-state index in [0.29, 0.717) is 17.6 Å². The van der Waals surface area contributed by atoms with Crippen molar-refractivity contribution in [3.05, 3.63) is 12.1 Å². The van der Waals surface area contributed by atoms with Crippen LogP contribution in [-0.4, -0.2) is 48.2 Å². The molecule has 0 saturated carbocycles. The summed E-state index contributed by atoms with van der Waals surface area (Å²) < 4.78 is 5.66. The zero-order valence-corrected chi connectivity index (χ0v) is 13.0. The lowest BCUT2D eigenvalue weighted by Crippen LogP contribution is -2.49. The molecule has 1 aliphatic heterocycles. The highest BCUT2D eigenvalue weighted by Gasteiger charge is 2.20. The summed E-state index contributed by atoms with van der Waals surface area (Å²) in [4.78, 5) is 9.35. The molecule has 112 valence electrons. The highest BCUT2D eigenvalue weighted by Crippen LogP contribution is 2.25. The van der Waals surface area contributed by atoms with Crippen LogP contribution in [0.15, 0.2) is 12.1 Å². The molecule has 0 amide bonds. The van der Waals surface area contributed by atoms with Crippen LogP contribution >= 0.6 is 0 Å². The monoisotopic (exact) mass is 278 g/mol. The average Bonchev–Trinajstić information content (AvgIpc) is 2.41. The van der Waals surface area contributed by atoms with Crippen molar-refractivity contribution >= 4 is 11.5 Å². The summed E-state index contributed by atoms with van der Waals surface area (Å²) in [6.07, 6.45) is 0.0813. The van der Waals surface area contributed by atoms with Crippen molar-refractivity contribution in [3.63, 3.8) is 0 Å². The maximum Gasteiger partial charge on any atom is 0.239 e. The van der Waals surface area contributed by atoms with Gasteiger partial charge in [0.25, 0.3) is 0 Å². The minimum Gasteiger partial charge on any atom is -0.473 e. The maximum atomic E-state index is 5.91. The molecule has 1 aromatic rings. The number of rotatable bonds is 4. The number of hydrogen-bond donors (Lipinski definition) is 1. The van der Waals surface area contributed by atoms with Crippen LogP contribution in [0, 0.1) is 0 Å². The van der Waals surface area contributed by atoms with Crippen molar-refractivity contribution < 1.29 is 4.74 Å². The van der Waals surface area contributed by atoms with E-state index in [1.807, 2.05) is 26.0 Å². The summed E-state index contributed by atoms with van der Waals surface area (Å²) in [5.74, 6) is 1.50. The van der Waals surface area contributed by atoms with E-state index in [0.717, 1.165) is 32.0 Å². The number of nitrogens with two attached hydrogens (primary N) is 1. The maximum absolute atomic E-state index is 5.91. The Labute approximate surface area is 121 Å². The van der Waals surface area contributed by atoms with Gasteiger partial charge in [-0.05, 0) is 39.8 Å². The molecule has 1 aromatic heterocycles. The SMILES string of the molecule is CC(C)Oc1nc(N2CCN(C(C)C)CC2)ccc1N. The van der Waals surface area contributed by atoms with Gasteiger partial charge in [0, 0.05) is 32.2 Å². The molecule has 2 rings (SSSR count). The lowest BCUT2D eigenvalue weighted by atomic mass is 10.2. The van der Waals surface area contributed by atoms with Crippen LogP contribution in [0.1, 0.15) is 27.7 Å². The zero-order chi connectivity index (χ0) is 14.7. The first kappa shape index (κ1) is 14.9. The molecule has 0 spiro atoms. The number of nitrogen functional groups attached to an aromatic ring is 1. The lowest BCUT2D eigenvalue weighted by Gasteiger charge is -2.37. The molecule has 5 nitrogen and oxygen atoms in total. The Morgan fingerprint density at radius 1 is 1.10 bits per heavy atom. The largest absolute Gasteiger partial charge is 0.473 e. The van der Waals surface area contributed by atoms with Gasteiger partial charge in [0.2, 0.25) is 5.88 Å². The molecule has 0 aliphatic carbocycles. The van der Waals surface area contributed by atoms with Crippen LogP contribution < -0.4 is 15.4 Å². The Kier molecular flexibility index (Phi) is 4.70. The molecule has 0 radical (unpaired) electrons. The van der Waals surface area contributed by atoms with Gasteiger partial charge in [-0.15, -0.1) is 0 Å². The molecule has 0 bridgehead atoms. The van der Waals surface area contributed by atoms with Crippen molar-refractivity contribution in [2.45, 2.75) is 39.8 Å². The summed E-state index contributed by atoms with van der Waals surface area (Å²) >= 11 is 0. The Bertz CT molecular complexity index is 439. The fourth-order valence-electron chi connectivity index (χ4n) is 2.40. The third-order valence-electron chi connectivity index (χ3n) is 3.59. The fraction of sp³-hybridized carbons (Fsp3) is 0.667. The van der Waals surface area contributed by atoms with Gasteiger partial charge in [0.1, 0.15) is 5.82 Å². The lowest BCUT2D eigenvalue weighted by molar-refractivity contribution is 0.208. The van der Waals surface area contributed by atoms with Gasteiger partial charge < -0.3 is 15.4 Å². The molecule has 5 heteroatoms. The van der Waals surface area contributed by atoms with E-state index >= 15 is 0 Å².